The second-order valence-electron chi connectivity index (χ2n) is 9.46. The van der Waals surface area contributed by atoms with E-state index < -0.39 is 0 Å². The van der Waals surface area contributed by atoms with E-state index in [1.807, 2.05) is 13.8 Å². The Morgan fingerprint density at radius 3 is 1.17 bits per heavy atom. The van der Waals surface area contributed by atoms with Gasteiger partial charge in [0.05, 0.1) is 0 Å². The first-order chi connectivity index (χ1) is 11.2. The minimum Gasteiger partial charge on any atom is -0.281 e. The van der Waals surface area contributed by atoms with E-state index in [1.54, 1.807) is 0 Å². The number of carbonyl (C=O) groups excluding carboxylic acids is 1. The highest BCUT2D eigenvalue weighted by molar-refractivity contribution is 6.64. The summed E-state index contributed by atoms with van der Waals surface area (Å²) in [4.78, 5) is 11.2. The van der Waals surface area contributed by atoms with Gasteiger partial charge >= 0.3 is 0 Å². The summed E-state index contributed by atoms with van der Waals surface area (Å²) in [7, 11) is 0. The molecule has 0 fully saturated rings. The molecule has 0 rings (SSSR count). The third-order valence-corrected chi connectivity index (χ3v) is 5.52. The van der Waals surface area contributed by atoms with Gasteiger partial charge in [-0.05, 0) is 29.9 Å². The summed E-state index contributed by atoms with van der Waals surface area (Å²) in [5.74, 6) is 0. The Hall–Kier alpha value is -0.0400. The Labute approximate surface area is 157 Å². The van der Waals surface area contributed by atoms with Gasteiger partial charge in [0, 0.05) is 5.41 Å². The van der Waals surface area contributed by atoms with Gasteiger partial charge in [-0.25, -0.2) is 0 Å². The van der Waals surface area contributed by atoms with E-state index in [2.05, 4.69) is 20.8 Å². The smallest absolute Gasteiger partial charge is 0.227 e. The third kappa shape index (κ3) is 15.5. The fourth-order valence-electron chi connectivity index (χ4n) is 3.09. The fourth-order valence-corrected chi connectivity index (χ4v) is 3.18. The van der Waals surface area contributed by atoms with Gasteiger partial charge < -0.3 is 0 Å². The van der Waals surface area contributed by atoms with Crippen molar-refractivity contribution in [3.63, 3.8) is 0 Å². The van der Waals surface area contributed by atoms with Crippen LogP contribution in [0.25, 0.3) is 0 Å². The number of rotatable bonds is 15. The SMILES string of the molecule is CC(C)(C)CCCCCCCCCCCCCCC(C)(C)C(=O)Cl. The quantitative estimate of drug-likeness (QED) is 0.212. The number of hydrogen-bond donors (Lipinski definition) is 0. The molecule has 0 N–H and O–H groups in total. The van der Waals surface area contributed by atoms with Crippen molar-refractivity contribution in [1.82, 2.24) is 0 Å². The molecule has 0 aromatic heterocycles. The van der Waals surface area contributed by atoms with Gasteiger partial charge in [-0.1, -0.05) is 112 Å². The first-order valence-corrected chi connectivity index (χ1v) is 10.7. The van der Waals surface area contributed by atoms with E-state index in [0.717, 1.165) is 12.8 Å². The maximum Gasteiger partial charge on any atom is 0.227 e. The molecule has 24 heavy (non-hydrogen) atoms. The molecule has 0 heterocycles. The van der Waals surface area contributed by atoms with Crippen molar-refractivity contribution in [2.24, 2.45) is 10.8 Å². The Bertz CT molecular complexity index is 314. The molecule has 0 bridgehead atoms. The van der Waals surface area contributed by atoms with Gasteiger partial charge in [-0.2, -0.15) is 0 Å². The summed E-state index contributed by atoms with van der Waals surface area (Å²) < 4.78 is 0. The van der Waals surface area contributed by atoms with Crippen molar-refractivity contribution < 1.29 is 4.79 Å². The van der Waals surface area contributed by atoms with Crippen LogP contribution in [0.15, 0.2) is 0 Å². The summed E-state index contributed by atoms with van der Waals surface area (Å²) in [6.07, 6.45) is 18.6. The lowest BCUT2D eigenvalue weighted by Crippen LogP contribution is -2.18. The van der Waals surface area contributed by atoms with Crippen molar-refractivity contribution in [3.8, 4) is 0 Å². The molecule has 0 aliphatic heterocycles. The van der Waals surface area contributed by atoms with Gasteiger partial charge in [-0.15, -0.1) is 0 Å². The molecule has 0 radical (unpaired) electrons. The van der Waals surface area contributed by atoms with Crippen molar-refractivity contribution in [3.05, 3.63) is 0 Å². The van der Waals surface area contributed by atoms with E-state index in [9.17, 15) is 4.79 Å². The Balaban J connectivity index is 3.22. The van der Waals surface area contributed by atoms with Crippen LogP contribution in [0.2, 0.25) is 0 Å². The zero-order valence-corrected chi connectivity index (χ0v) is 17.9. The minimum absolute atomic E-state index is 0.194. The standard InChI is InChI=1S/C22H43ClO/c1-21(2,3)18-16-14-12-10-8-6-7-9-11-13-15-17-19-22(4,5)20(23)24/h6-19H2,1-5H3. The average molecular weight is 359 g/mol. The molecule has 0 spiro atoms. The molecule has 0 aromatic carbocycles. The van der Waals surface area contributed by atoms with Crippen molar-refractivity contribution in [2.45, 2.75) is 125 Å². The Morgan fingerprint density at radius 2 is 0.875 bits per heavy atom. The topological polar surface area (TPSA) is 17.1 Å². The van der Waals surface area contributed by atoms with Gasteiger partial charge in [0.15, 0.2) is 0 Å². The molecular formula is C22H43ClO. The van der Waals surface area contributed by atoms with Crippen molar-refractivity contribution in [2.75, 3.05) is 0 Å². The van der Waals surface area contributed by atoms with Crippen LogP contribution >= 0.6 is 11.6 Å². The summed E-state index contributed by atoms with van der Waals surface area (Å²) >= 11 is 5.60. The lowest BCUT2D eigenvalue weighted by molar-refractivity contribution is -0.119. The summed E-state index contributed by atoms with van der Waals surface area (Å²) in [6.45, 7) is 10.9. The third-order valence-electron chi connectivity index (χ3n) is 5.01. The Kier molecular flexibility index (Phi) is 13.2. The summed E-state index contributed by atoms with van der Waals surface area (Å²) in [6, 6.07) is 0. The number of carbonyl (C=O) groups is 1. The Morgan fingerprint density at radius 1 is 0.583 bits per heavy atom. The lowest BCUT2D eigenvalue weighted by atomic mass is 9.88. The van der Waals surface area contributed by atoms with Crippen LogP contribution in [0.4, 0.5) is 0 Å². The molecule has 0 aliphatic carbocycles. The van der Waals surface area contributed by atoms with Gasteiger partial charge in [0.25, 0.3) is 0 Å². The van der Waals surface area contributed by atoms with Gasteiger partial charge in [-0.3, -0.25) is 4.79 Å². The van der Waals surface area contributed by atoms with Crippen LogP contribution in [0, 0.1) is 10.8 Å². The zero-order valence-electron chi connectivity index (χ0n) is 17.2. The summed E-state index contributed by atoms with van der Waals surface area (Å²) in [5, 5.41) is -0.194. The van der Waals surface area contributed by atoms with Crippen molar-refractivity contribution in [1.29, 1.82) is 0 Å². The molecule has 2 heteroatoms. The second kappa shape index (κ2) is 13.2. The molecule has 0 amide bonds. The maximum absolute atomic E-state index is 11.2. The number of unbranched alkanes of at least 4 members (excludes halogenated alkanes) is 11. The van der Waals surface area contributed by atoms with Crippen molar-refractivity contribution >= 4 is 16.8 Å². The van der Waals surface area contributed by atoms with E-state index in [0.29, 0.717) is 5.41 Å². The van der Waals surface area contributed by atoms with E-state index in [4.69, 9.17) is 11.6 Å². The number of halogens is 1. The van der Waals surface area contributed by atoms with E-state index >= 15 is 0 Å². The highest BCUT2D eigenvalue weighted by Crippen LogP contribution is 2.27. The fraction of sp³-hybridized carbons (Fsp3) is 0.955. The maximum atomic E-state index is 11.2. The minimum atomic E-state index is -0.339. The predicted octanol–water partition coefficient (Wildman–Crippen LogP) is 8.29. The van der Waals surface area contributed by atoms with Crippen LogP contribution in [0.5, 0.6) is 0 Å². The van der Waals surface area contributed by atoms with Crippen LogP contribution in [0.3, 0.4) is 0 Å². The van der Waals surface area contributed by atoms with E-state index in [1.165, 1.54) is 77.0 Å². The molecule has 1 nitrogen and oxygen atoms in total. The van der Waals surface area contributed by atoms with Gasteiger partial charge in [0.2, 0.25) is 5.24 Å². The molecular weight excluding hydrogens is 316 g/mol. The zero-order chi connectivity index (χ0) is 18.5. The summed E-state index contributed by atoms with van der Waals surface area (Å²) in [5.41, 5.74) is 0.170. The van der Waals surface area contributed by atoms with Gasteiger partial charge in [0.1, 0.15) is 0 Å². The largest absolute Gasteiger partial charge is 0.281 e. The first kappa shape index (κ1) is 24.0. The monoisotopic (exact) mass is 358 g/mol. The lowest BCUT2D eigenvalue weighted by Gasteiger charge is -2.18. The van der Waals surface area contributed by atoms with Crippen LogP contribution in [0.1, 0.15) is 125 Å². The molecule has 0 aromatic rings. The van der Waals surface area contributed by atoms with Crippen LogP contribution < -0.4 is 0 Å². The second-order valence-corrected chi connectivity index (χ2v) is 9.80. The highest BCUT2D eigenvalue weighted by Gasteiger charge is 2.24. The number of hydrogen-bond acceptors (Lipinski definition) is 1. The predicted molar refractivity (Wildman–Crippen MR) is 109 cm³/mol. The van der Waals surface area contributed by atoms with Crippen LogP contribution in [-0.2, 0) is 4.79 Å². The highest BCUT2D eigenvalue weighted by atomic mass is 35.5. The normalized spacial score (nSPS) is 12.6. The van der Waals surface area contributed by atoms with E-state index in [-0.39, 0.29) is 10.7 Å². The molecule has 144 valence electrons. The van der Waals surface area contributed by atoms with Crippen LogP contribution in [-0.4, -0.2) is 5.24 Å². The average Bonchev–Trinajstić information content (AvgIpc) is 2.46. The molecule has 0 unspecified atom stereocenters. The molecule has 0 saturated heterocycles. The molecule has 0 aliphatic rings. The molecule has 0 saturated carbocycles. The first-order valence-electron chi connectivity index (χ1n) is 10.4. The molecule has 0 atom stereocenters.